The summed E-state index contributed by atoms with van der Waals surface area (Å²) in [5, 5.41) is 2.75. The summed E-state index contributed by atoms with van der Waals surface area (Å²) in [5.41, 5.74) is 0. The lowest BCUT2D eigenvalue weighted by molar-refractivity contribution is -0.130. The standard InChI is InChI=1S/C11H13BrN2O2/c12-9-5-3-6-10(13-9)14-11(15)8-4-1-2-7-16-8/h3,5-6,8H,1-2,4,7H2,(H,13,14,15). The Hall–Kier alpha value is -0.940. The van der Waals surface area contributed by atoms with Crippen LogP contribution in [0.15, 0.2) is 22.8 Å². The van der Waals surface area contributed by atoms with Gasteiger partial charge in [-0.15, -0.1) is 0 Å². The van der Waals surface area contributed by atoms with E-state index in [2.05, 4.69) is 26.2 Å². The Labute approximate surface area is 103 Å². The summed E-state index contributed by atoms with van der Waals surface area (Å²) in [5.74, 6) is 0.443. The second kappa shape index (κ2) is 5.41. The molecule has 0 aliphatic carbocycles. The van der Waals surface area contributed by atoms with Crippen LogP contribution >= 0.6 is 15.9 Å². The number of pyridine rings is 1. The number of aromatic nitrogens is 1. The van der Waals surface area contributed by atoms with E-state index in [1.54, 1.807) is 6.07 Å². The van der Waals surface area contributed by atoms with Gasteiger partial charge in [0.05, 0.1) is 0 Å². The molecule has 0 saturated carbocycles. The van der Waals surface area contributed by atoms with Crippen molar-refractivity contribution in [1.82, 2.24) is 4.98 Å². The average Bonchev–Trinajstić information content (AvgIpc) is 2.30. The van der Waals surface area contributed by atoms with Crippen LogP contribution in [0.25, 0.3) is 0 Å². The SMILES string of the molecule is O=C(Nc1cccc(Br)n1)C1CCCCO1. The Morgan fingerprint density at radius 3 is 3.06 bits per heavy atom. The average molecular weight is 285 g/mol. The second-order valence-electron chi connectivity index (χ2n) is 3.69. The second-order valence-corrected chi connectivity index (χ2v) is 4.50. The molecule has 1 saturated heterocycles. The molecule has 0 radical (unpaired) electrons. The van der Waals surface area contributed by atoms with Gasteiger partial charge in [0.25, 0.3) is 5.91 Å². The molecule has 4 nitrogen and oxygen atoms in total. The number of nitrogens with zero attached hydrogens (tertiary/aromatic N) is 1. The Morgan fingerprint density at radius 1 is 1.50 bits per heavy atom. The van der Waals surface area contributed by atoms with Gasteiger partial charge in [-0.2, -0.15) is 0 Å². The predicted molar refractivity (Wildman–Crippen MR) is 64.2 cm³/mol. The van der Waals surface area contributed by atoms with Crippen molar-refractivity contribution in [3.05, 3.63) is 22.8 Å². The molecular formula is C11H13BrN2O2. The number of nitrogens with one attached hydrogen (secondary N) is 1. The zero-order chi connectivity index (χ0) is 11.4. The molecule has 5 heteroatoms. The van der Waals surface area contributed by atoms with Crippen molar-refractivity contribution >= 4 is 27.7 Å². The first-order chi connectivity index (χ1) is 7.75. The van der Waals surface area contributed by atoms with Crippen molar-refractivity contribution in [3.8, 4) is 0 Å². The first-order valence-electron chi connectivity index (χ1n) is 5.31. The van der Waals surface area contributed by atoms with E-state index in [0.29, 0.717) is 17.0 Å². The molecule has 2 heterocycles. The normalized spacial score (nSPS) is 20.4. The van der Waals surface area contributed by atoms with Gasteiger partial charge in [-0.1, -0.05) is 6.07 Å². The summed E-state index contributed by atoms with van der Waals surface area (Å²) in [7, 11) is 0. The maximum atomic E-state index is 11.8. The number of rotatable bonds is 2. The number of carbonyl (C=O) groups is 1. The largest absolute Gasteiger partial charge is 0.368 e. The predicted octanol–water partition coefficient (Wildman–Crippen LogP) is 2.35. The minimum Gasteiger partial charge on any atom is -0.368 e. The lowest BCUT2D eigenvalue weighted by Crippen LogP contribution is -2.33. The molecule has 1 aromatic rings. The van der Waals surface area contributed by atoms with E-state index >= 15 is 0 Å². The third kappa shape index (κ3) is 3.02. The maximum absolute atomic E-state index is 11.8. The van der Waals surface area contributed by atoms with Crippen molar-refractivity contribution in [3.63, 3.8) is 0 Å². The van der Waals surface area contributed by atoms with Gasteiger partial charge in [-0.05, 0) is 47.3 Å². The number of carbonyl (C=O) groups excluding carboxylic acids is 1. The topological polar surface area (TPSA) is 51.2 Å². The number of ether oxygens (including phenoxy) is 1. The van der Waals surface area contributed by atoms with Crippen molar-refractivity contribution in [1.29, 1.82) is 0 Å². The highest BCUT2D eigenvalue weighted by Crippen LogP contribution is 2.15. The minimum absolute atomic E-state index is 0.106. The number of amides is 1. The summed E-state index contributed by atoms with van der Waals surface area (Å²) in [6.07, 6.45) is 2.55. The highest BCUT2D eigenvalue weighted by atomic mass is 79.9. The molecule has 0 aromatic carbocycles. The van der Waals surface area contributed by atoms with Crippen molar-refractivity contribution in [2.75, 3.05) is 11.9 Å². The van der Waals surface area contributed by atoms with Crippen LogP contribution in [0.3, 0.4) is 0 Å². The quantitative estimate of drug-likeness (QED) is 0.849. The number of anilines is 1. The molecule has 0 bridgehead atoms. The van der Waals surface area contributed by atoms with Crippen LogP contribution in [0.5, 0.6) is 0 Å². The fraction of sp³-hybridized carbons (Fsp3) is 0.455. The smallest absolute Gasteiger partial charge is 0.254 e. The van der Waals surface area contributed by atoms with Gasteiger partial charge < -0.3 is 10.1 Å². The number of halogens is 1. The summed E-state index contributed by atoms with van der Waals surface area (Å²) >= 11 is 3.25. The molecule has 0 spiro atoms. The van der Waals surface area contributed by atoms with Gasteiger partial charge >= 0.3 is 0 Å². The minimum atomic E-state index is -0.325. The van der Waals surface area contributed by atoms with Gasteiger partial charge in [0.1, 0.15) is 16.5 Å². The maximum Gasteiger partial charge on any atom is 0.254 e. The Morgan fingerprint density at radius 2 is 2.38 bits per heavy atom. The van der Waals surface area contributed by atoms with Crippen LogP contribution in [0.4, 0.5) is 5.82 Å². The molecule has 1 aliphatic rings. The van der Waals surface area contributed by atoms with Gasteiger partial charge in [-0.25, -0.2) is 4.98 Å². The summed E-state index contributed by atoms with van der Waals surface area (Å²) in [6, 6.07) is 5.40. The van der Waals surface area contributed by atoms with Crippen molar-refractivity contribution in [2.24, 2.45) is 0 Å². The summed E-state index contributed by atoms with van der Waals surface area (Å²) in [6.45, 7) is 0.671. The first-order valence-corrected chi connectivity index (χ1v) is 6.10. The zero-order valence-electron chi connectivity index (χ0n) is 8.78. The van der Waals surface area contributed by atoms with E-state index in [1.807, 2.05) is 12.1 Å². The molecule has 1 atom stereocenters. The van der Waals surface area contributed by atoms with Crippen LogP contribution in [0, 0.1) is 0 Å². The molecule has 2 rings (SSSR count). The lowest BCUT2D eigenvalue weighted by atomic mass is 10.1. The summed E-state index contributed by atoms with van der Waals surface area (Å²) in [4.78, 5) is 15.9. The molecule has 1 aliphatic heterocycles. The number of hydrogen-bond donors (Lipinski definition) is 1. The molecular weight excluding hydrogens is 272 g/mol. The van der Waals surface area contributed by atoms with Crippen LogP contribution in [-0.4, -0.2) is 23.6 Å². The fourth-order valence-corrected chi connectivity index (χ4v) is 1.98. The van der Waals surface area contributed by atoms with Gasteiger partial charge in [0.2, 0.25) is 0 Å². The molecule has 1 unspecified atom stereocenters. The molecule has 86 valence electrons. The molecule has 16 heavy (non-hydrogen) atoms. The van der Waals surface area contributed by atoms with E-state index < -0.39 is 0 Å². The van der Waals surface area contributed by atoms with Crippen LogP contribution < -0.4 is 5.32 Å². The monoisotopic (exact) mass is 284 g/mol. The third-order valence-corrected chi connectivity index (χ3v) is 2.88. The van der Waals surface area contributed by atoms with E-state index in [-0.39, 0.29) is 12.0 Å². The van der Waals surface area contributed by atoms with Crippen LogP contribution in [0.2, 0.25) is 0 Å². The Balaban J connectivity index is 1.96. The highest BCUT2D eigenvalue weighted by Gasteiger charge is 2.22. The number of hydrogen-bond acceptors (Lipinski definition) is 3. The third-order valence-electron chi connectivity index (χ3n) is 2.44. The van der Waals surface area contributed by atoms with Crippen LogP contribution in [-0.2, 0) is 9.53 Å². The van der Waals surface area contributed by atoms with E-state index in [4.69, 9.17) is 4.74 Å². The summed E-state index contributed by atoms with van der Waals surface area (Å²) < 4.78 is 6.09. The van der Waals surface area contributed by atoms with E-state index in [9.17, 15) is 4.79 Å². The molecule has 1 amide bonds. The lowest BCUT2D eigenvalue weighted by Gasteiger charge is -2.21. The molecule has 1 fully saturated rings. The van der Waals surface area contributed by atoms with E-state index in [0.717, 1.165) is 19.3 Å². The molecule has 1 aromatic heterocycles. The van der Waals surface area contributed by atoms with Gasteiger partial charge in [-0.3, -0.25) is 4.79 Å². The van der Waals surface area contributed by atoms with Gasteiger partial charge in [0, 0.05) is 6.61 Å². The van der Waals surface area contributed by atoms with Gasteiger partial charge in [0.15, 0.2) is 0 Å². The van der Waals surface area contributed by atoms with Crippen LogP contribution in [0.1, 0.15) is 19.3 Å². The van der Waals surface area contributed by atoms with Crippen molar-refractivity contribution in [2.45, 2.75) is 25.4 Å². The molecule has 1 N–H and O–H groups in total. The zero-order valence-corrected chi connectivity index (χ0v) is 10.4. The Bertz CT molecular complexity index is 378. The Kier molecular flexibility index (Phi) is 3.90. The first kappa shape index (κ1) is 11.5. The van der Waals surface area contributed by atoms with Crippen molar-refractivity contribution < 1.29 is 9.53 Å². The highest BCUT2D eigenvalue weighted by molar-refractivity contribution is 9.10. The fourth-order valence-electron chi connectivity index (χ4n) is 1.63. The van der Waals surface area contributed by atoms with E-state index in [1.165, 1.54) is 0 Å².